The zero-order chi connectivity index (χ0) is 24.9. The number of pyridine rings is 1. The third kappa shape index (κ3) is 3.83. The van der Waals surface area contributed by atoms with Crippen LogP contribution in [-0.2, 0) is 9.31 Å². The van der Waals surface area contributed by atoms with E-state index in [-0.39, 0.29) is 0 Å². The van der Waals surface area contributed by atoms with Gasteiger partial charge >= 0.3 is 7.12 Å². The van der Waals surface area contributed by atoms with Crippen molar-refractivity contribution in [1.29, 1.82) is 0 Å². The maximum atomic E-state index is 6.37. The van der Waals surface area contributed by atoms with E-state index in [1.165, 1.54) is 0 Å². The molecule has 36 heavy (non-hydrogen) atoms. The van der Waals surface area contributed by atoms with Crippen LogP contribution in [0, 0.1) is 0 Å². The second-order valence-corrected chi connectivity index (χ2v) is 10.3. The minimum Gasteiger partial charge on any atom is -0.399 e. The van der Waals surface area contributed by atoms with Crippen LogP contribution in [0.5, 0.6) is 0 Å². The van der Waals surface area contributed by atoms with E-state index in [0.29, 0.717) is 5.82 Å². The predicted octanol–water partition coefficient (Wildman–Crippen LogP) is 6.03. The molecule has 1 saturated heterocycles. The van der Waals surface area contributed by atoms with Gasteiger partial charge in [0, 0.05) is 22.9 Å². The van der Waals surface area contributed by atoms with Gasteiger partial charge in [-0.3, -0.25) is 0 Å². The molecule has 0 N–H and O–H groups in total. The molecule has 0 bridgehead atoms. The average Bonchev–Trinajstić information content (AvgIpc) is 3.41. The number of hydrogen-bond acceptors (Lipinski definition) is 4. The summed E-state index contributed by atoms with van der Waals surface area (Å²) in [5, 5.41) is 4.95. The van der Waals surface area contributed by atoms with Crippen molar-refractivity contribution >= 4 is 18.2 Å². The van der Waals surface area contributed by atoms with Crippen molar-refractivity contribution in [3.8, 4) is 33.6 Å². The van der Waals surface area contributed by atoms with Crippen LogP contribution in [-0.4, -0.2) is 32.9 Å². The van der Waals surface area contributed by atoms with Crippen molar-refractivity contribution in [2.45, 2.75) is 38.9 Å². The van der Waals surface area contributed by atoms with Gasteiger partial charge < -0.3 is 9.31 Å². The third-order valence-electron chi connectivity index (χ3n) is 7.33. The van der Waals surface area contributed by atoms with Crippen LogP contribution in [0.1, 0.15) is 27.7 Å². The molecular formula is C30H28BN3O2. The molecule has 3 heterocycles. The van der Waals surface area contributed by atoms with E-state index < -0.39 is 18.3 Å². The van der Waals surface area contributed by atoms with E-state index >= 15 is 0 Å². The minimum atomic E-state index is -0.494. The predicted molar refractivity (Wildman–Crippen MR) is 145 cm³/mol. The molecule has 2 aromatic heterocycles. The maximum absolute atomic E-state index is 6.37. The number of fused-ring (bicyclic) bond motifs is 1. The molecule has 178 valence electrons. The smallest absolute Gasteiger partial charge is 0.399 e. The molecular weight excluding hydrogens is 445 g/mol. The van der Waals surface area contributed by atoms with Gasteiger partial charge in [0.25, 0.3) is 0 Å². The van der Waals surface area contributed by atoms with Gasteiger partial charge in [-0.2, -0.15) is 0 Å². The molecule has 0 saturated carbocycles. The van der Waals surface area contributed by atoms with Gasteiger partial charge in [0.05, 0.1) is 11.2 Å². The summed E-state index contributed by atoms with van der Waals surface area (Å²) in [6.07, 6.45) is 2.05. The standard InChI is InChI=1S/C30H28BN3O2/c1-29(2)30(3,4)36-31(35-29)26-18-12-11-17-24(26)27-32-28-25(22-15-9-6-10-16-22)19-23(20-34(28)33-27)21-13-7-5-8-14-21/h5-20H,1-4H3. The molecule has 0 aliphatic carbocycles. The summed E-state index contributed by atoms with van der Waals surface area (Å²) in [6.45, 7) is 8.26. The molecule has 3 aromatic carbocycles. The summed E-state index contributed by atoms with van der Waals surface area (Å²) in [5.74, 6) is 0.641. The topological polar surface area (TPSA) is 48.7 Å². The lowest BCUT2D eigenvalue weighted by atomic mass is 9.76. The molecule has 0 radical (unpaired) electrons. The Hall–Kier alpha value is -3.74. The minimum absolute atomic E-state index is 0.428. The average molecular weight is 473 g/mol. The lowest BCUT2D eigenvalue weighted by Crippen LogP contribution is -2.41. The van der Waals surface area contributed by atoms with Crippen LogP contribution in [0.25, 0.3) is 39.3 Å². The highest BCUT2D eigenvalue weighted by molar-refractivity contribution is 6.63. The fourth-order valence-corrected chi connectivity index (χ4v) is 4.59. The second kappa shape index (κ2) is 8.44. The number of rotatable bonds is 4. The number of benzene rings is 3. The highest BCUT2D eigenvalue weighted by atomic mass is 16.7. The van der Waals surface area contributed by atoms with Crippen molar-refractivity contribution in [2.24, 2.45) is 0 Å². The molecule has 5 nitrogen and oxygen atoms in total. The Morgan fingerprint density at radius 3 is 1.92 bits per heavy atom. The number of hydrogen-bond donors (Lipinski definition) is 0. The molecule has 0 atom stereocenters. The SMILES string of the molecule is CC1(C)OB(c2ccccc2-c2nc3c(-c4ccccc4)cc(-c4ccccc4)cn3n2)OC1(C)C. The van der Waals surface area contributed by atoms with E-state index in [2.05, 4.69) is 70.2 Å². The van der Waals surface area contributed by atoms with E-state index in [9.17, 15) is 0 Å². The van der Waals surface area contributed by atoms with Crippen molar-refractivity contribution in [3.05, 3.63) is 97.2 Å². The zero-order valence-corrected chi connectivity index (χ0v) is 21.0. The fraction of sp³-hybridized carbons (Fsp3) is 0.200. The number of aromatic nitrogens is 3. The molecule has 5 aromatic rings. The Labute approximate surface area is 211 Å². The Kier molecular flexibility index (Phi) is 5.32. The molecule has 1 aliphatic rings. The van der Waals surface area contributed by atoms with Crippen LogP contribution in [0.3, 0.4) is 0 Å². The summed E-state index contributed by atoms with van der Waals surface area (Å²) < 4.78 is 14.6. The third-order valence-corrected chi connectivity index (χ3v) is 7.33. The van der Waals surface area contributed by atoms with Crippen LogP contribution in [0.4, 0.5) is 0 Å². The number of nitrogens with zero attached hydrogens (tertiary/aromatic N) is 3. The van der Waals surface area contributed by atoms with E-state index in [1.54, 1.807) is 0 Å². The zero-order valence-electron chi connectivity index (χ0n) is 21.0. The Bertz CT molecular complexity index is 1530. The van der Waals surface area contributed by atoms with E-state index in [1.807, 2.05) is 59.2 Å². The van der Waals surface area contributed by atoms with Crippen molar-refractivity contribution in [3.63, 3.8) is 0 Å². The highest BCUT2D eigenvalue weighted by Gasteiger charge is 2.52. The van der Waals surface area contributed by atoms with Gasteiger partial charge in [0.1, 0.15) is 0 Å². The van der Waals surface area contributed by atoms with Gasteiger partial charge in [0.15, 0.2) is 11.5 Å². The first-order valence-electron chi connectivity index (χ1n) is 12.3. The van der Waals surface area contributed by atoms with Gasteiger partial charge in [-0.1, -0.05) is 84.9 Å². The molecule has 0 unspecified atom stereocenters. The van der Waals surface area contributed by atoms with Crippen LogP contribution >= 0.6 is 0 Å². The Morgan fingerprint density at radius 1 is 0.667 bits per heavy atom. The Morgan fingerprint density at radius 2 is 1.25 bits per heavy atom. The van der Waals surface area contributed by atoms with Crippen molar-refractivity contribution < 1.29 is 9.31 Å². The highest BCUT2D eigenvalue weighted by Crippen LogP contribution is 2.37. The summed E-state index contributed by atoms with van der Waals surface area (Å²) in [5.41, 5.74) is 6.12. The van der Waals surface area contributed by atoms with Crippen LogP contribution in [0.15, 0.2) is 97.2 Å². The molecule has 0 spiro atoms. The lowest BCUT2D eigenvalue weighted by molar-refractivity contribution is 0.00578. The van der Waals surface area contributed by atoms with E-state index in [0.717, 1.165) is 38.9 Å². The summed E-state index contributed by atoms with van der Waals surface area (Å²) in [4.78, 5) is 5.04. The largest absolute Gasteiger partial charge is 0.495 e. The van der Waals surface area contributed by atoms with Crippen molar-refractivity contribution in [2.75, 3.05) is 0 Å². The quantitative estimate of drug-likeness (QED) is 0.299. The monoisotopic (exact) mass is 473 g/mol. The second-order valence-electron chi connectivity index (χ2n) is 10.3. The van der Waals surface area contributed by atoms with Crippen LogP contribution in [0.2, 0.25) is 0 Å². The fourth-order valence-electron chi connectivity index (χ4n) is 4.59. The summed E-state index contributed by atoms with van der Waals surface area (Å²) in [6, 6.07) is 31.0. The molecule has 0 amide bonds. The van der Waals surface area contributed by atoms with Crippen LogP contribution < -0.4 is 5.46 Å². The van der Waals surface area contributed by atoms with Gasteiger partial charge in [-0.25, -0.2) is 9.50 Å². The first-order chi connectivity index (χ1) is 17.3. The molecule has 1 fully saturated rings. The first-order valence-corrected chi connectivity index (χ1v) is 12.3. The van der Waals surface area contributed by atoms with Gasteiger partial charge in [-0.15, -0.1) is 5.10 Å². The van der Waals surface area contributed by atoms with E-state index in [4.69, 9.17) is 19.4 Å². The normalized spacial score (nSPS) is 16.5. The van der Waals surface area contributed by atoms with Gasteiger partial charge in [-0.05, 0) is 50.4 Å². The lowest BCUT2D eigenvalue weighted by Gasteiger charge is -2.32. The molecule has 6 heteroatoms. The summed E-state index contributed by atoms with van der Waals surface area (Å²) in [7, 11) is -0.494. The first kappa shape index (κ1) is 22.7. The Balaban J connectivity index is 1.52. The maximum Gasteiger partial charge on any atom is 0.495 e. The van der Waals surface area contributed by atoms with Gasteiger partial charge in [0.2, 0.25) is 0 Å². The van der Waals surface area contributed by atoms with Crippen molar-refractivity contribution in [1.82, 2.24) is 14.6 Å². The molecule has 6 rings (SSSR count). The summed E-state index contributed by atoms with van der Waals surface area (Å²) >= 11 is 0. The molecule has 1 aliphatic heterocycles.